The first-order valence-electron chi connectivity index (χ1n) is 7.11. The van der Waals surface area contributed by atoms with Gasteiger partial charge in [0.2, 0.25) is 0 Å². The highest BCUT2D eigenvalue weighted by Crippen LogP contribution is 2.26. The number of halogens is 1. The van der Waals surface area contributed by atoms with Crippen molar-refractivity contribution in [1.82, 2.24) is 0 Å². The Hall–Kier alpha value is -3.14. The van der Waals surface area contributed by atoms with Gasteiger partial charge in [0.25, 0.3) is 5.91 Å². The number of para-hydroxylation sites is 2. The van der Waals surface area contributed by atoms with Crippen LogP contribution in [0.15, 0.2) is 78.9 Å². The molecule has 0 aliphatic heterocycles. The van der Waals surface area contributed by atoms with Gasteiger partial charge in [-0.05, 0) is 42.5 Å². The fraction of sp³-hybridized carbons (Fsp3) is 0. The van der Waals surface area contributed by atoms with Crippen LogP contribution in [-0.2, 0) is 0 Å². The first-order chi connectivity index (χ1) is 11.2. The normalized spacial score (nSPS) is 10.1. The van der Waals surface area contributed by atoms with Crippen molar-refractivity contribution in [1.29, 1.82) is 0 Å². The maximum absolute atomic E-state index is 13.5. The molecule has 23 heavy (non-hydrogen) atoms. The van der Waals surface area contributed by atoms with Gasteiger partial charge in [-0.2, -0.15) is 0 Å². The zero-order chi connectivity index (χ0) is 16.1. The number of carbonyl (C=O) groups excluding carboxylic acids is 1. The van der Waals surface area contributed by atoms with Crippen LogP contribution in [0.2, 0.25) is 0 Å². The minimum absolute atomic E-state index is 0.137. The summed E-state index contributed by atoms with van der Waals surface area (Å²) in [6.07, 6.45) is 0. The molecule has 0 aromatic heterocycles. The zero-order valence-corrected chi connectivity index (χ0v) is 12.2. The minimum Gasteiger partial charge on any atom is -0.457 e. The lowest BCUT2D eigenvalue weighted by Crippen LogP contribution is -2.13. The Labute approximate surface area is 133 Å². The third-order valence-electron chi connectivity index (χ3n) is 3.19. The second kappa shape index (κ2) is 6.75. The lowest BCUT2D eigenvalue weighted by molar-refractivity contribution is 0.102. The molecule has 3 aromatic carbocycles. The number of ether oxygens (including phenoxy) is 1. The molecule has 0 aliphatic carbocycles. The largest absolute Gasteiger partial charge is 0.457 e. The molecule has 0 saturated heterocycles. The van der Waals surface area contributed by atoms with E-state index in [1.807, 2.05) is 36.4 Å². The van der Waals surface area contributed by atoms with E-state index in [9.17, 15) is 9.18 Å². The van der Waals surface area contributed by atoms with Crippen LogP contribution in [0.25, 0.3) is 0 Å². The quantitative estimate of drug-likeness (QED) is 0.746. The van der Waals surface area contributed by atoms with Gasteiger partial charge in [-0.1, -0.05) is 36.4 Å². The van der Waals surface area contributed by atoms with E-state index in [1.165, 1.54) is 12.1 Å². The van der Waals surface area contributed by atoms with Crippen LogP contribution in [0, 0.1) is 5.82 Å². The number of anilines is 1. The van der Waals surface area contributed by atoms with Gasteiger partial charge in [-0.15, -0.1) is 0 Å². The molecular weight excluding hydrogens is 293 g/mol. The maximum Gasteiger partial charge on any atom is 0.259 e. The maximum atomic E-state index is 13.5. The van der Waals surface area contributed by atoms with Crippen LogP contribution in [0.3, 0.4) is 0 Å². The highest BCUT2D eigenvalue weighted by atomic mass is 19.1. The van der Waals surface area contributed by atoms with E-state index in [0.717, 1.165) is 6.07 Å². The van der Waals surface area contributed by atoms with Crippen LogP contribution >= 0.6 is 0 Å². The standard InChI is InChI=1S/C19H14FNO2/c20-14-11-12-18(23-16-9-5-2-6-10-16)17(13-14)19(22)21-15-7-3-1-4-8-15/h1-13H,(H,21,22). The van der Waals surface area contributed by atoms with Gasteiger partial charge in [-0.25, -0.2) is 4.39 Å². The Bertz CT molecular complexity index is 804. The summed E-state index contributed by atoms with van der Waals surface area (Å²) in [5.74, 6) is -0.0517. The van der Waals surface area contributed by atoms with Crippen molar-refractivity contribution in [2.24, 2.45) is 0 Å². The molecule has 0 bridgehead atoms. The predicted molar refractivity (Wildman–Crippen MR) is 87.3 cm³/mol. The summed E-state index contributed by atoms with van der Waals surface area (Å²) in [7, 11) is 0. The Balaban J connectivity index is 1.88. The molecule has 0 radical (unpaired) electrons. The number of carbonyl (C=O) groups is 1. The Kier molecular flexibility index (Phi) is 4.34. The topological polar surface area (TPSA) is 38.3 Å². The third kappa shape index (κ3) is 3.74. The molecule has 0 aliphatic rings. The molecule has 114 valence electrons. The smallest absolute Gasteiger partial charge is 0.259 e. The van der Waals surface area contributed by atoms with Gasteiger partial charge in [-0.3, -0.25) is 4.79 Å². The molecule has 0 saturated carbocycles. The summed E-state index contributed by atoms with van der Waals surface area (Å²) < 4.78 is 19.2. The van der Waals surface area contributed by atoms with E-state index in [1.54, 1.807) is 24.3 Å². The van der Waals surface area contributed by atoms with E-state index >= 15 is 0 Å². The minimum atomic E-state index is -0.497. The molecule has 3 rings (SSSR count). The summed E-state index contributed by atoms with van der Waals surface area (Å²) in [6, 6.07) is 21.9. The van der Waals surface area contributed by atoms with Gasteiger partial charge in [0.05, 0.1) is 5.56 Å². The van der Waals surface area contributed by atoms with Crippen LogP contribution < -0.4 is 10.1 Å². The van der Waals surface area contributed by atoms with Gasteiger partial charge in [0.1, 0.15) is 17.3 Å². The highest BCUT2D eigenvalue weighted by molar-refractivity contribution is 6.06. The van der Waals surface area contributed by atoms with Gasteiger partial charge in [0.15, 0.2) is 0 Å². The molecule has 0 fully saturated rings. The monoisotopic (exact) mass is 307 g/mol. The molecule has 0 heterocycles. The fourth-order valence-electron chi connectivity index (χ4n) is 2.10. The van der Waals surface area contributed by atoms with Crippen molar-refractivity contribution < 1.29 is 13.9 Å². The van der Waals surface area contributed by atoms with Gasteiger partial charge < -0.3 is 10.1 Å². The Morgan fingerprint density at radius 3 is 2.22 bits per heavy atom. The van der Waals surface area contributed by atoms with Crippen molar-refractivity contribution in [3.63, 3.8) is 0 Å². The van der Waals surface area contributed by atoms with E-state index in [-0.39, 0.29) is 5.56 Å². The average Bonchev–Trinajstić information content (AvgIpc) is 2.58. The number of amides is 1. The van der Waals surface area contributed by atoms with Gasteiger partial charge in [0, 0.05) is 5.69 Å². The van der Waals surface area contributed by atoms with Crippen molar-refractivity contribution in [3.05, 3.63) is 90.2 Å². The molecule has 0 spiro atoms. The SMILES string of the molecule is O=C(Nc1ccccc1)c1cc(F)ccc1Oc1ccccc1. The second-order valence-electron chi connectivity index (χ2n) is 4.88. The van der Waals surface area contributed by atoms with E-state index < -0.39 is 11.7 Å². The number of nitrogens with one attached hydrogen (secondary N) is 1. The van der Waals surface area contributed by atoms with E-state index in [0.29, 0.717) is 17.2 Å². The summed E-state index contributed by atoms with van der Waals surface area (Å²) in [5, 5.41) is 2.73. The molecule has 0 atom stereocenters. The summed E-state index contributed by atoms with van der Waals surface area (Å²) >= 11 is 0. The van der Waals surface area contributed by atoms with Crippen LogP contribution in [0.5, 0.6) is 11.5 Å². The third-order valence-corrected chi connectivity index (χ3v) is 3.19. The Morgan fingerprint density at radius 1 is 0.870 bits per heavy atom. The van der Waals surface area contributed by atoms with Crippen molar-refractivity contribution >= 4 is 11.6 Å². The van der Waals surface area contributed by atoms with Gasteiger partial charge >= 0.3 is 0 Å². The lowest BCUT2D eigenvalue weighted by atomic mass is 10.1. The zero-order valence-electron chi connectivity index (χ0n) is 12.2. The highest BCUT2D eigenvalue weighted by Gasteiger charge is 2.15. The molecule has 1 N–H and O–H groups in total. The predicted octanol–water partition coefficient (Wildman–Crippen LogP) is 4.87. The molecule has 3 nitrogen and oxygen atoms in total. The van der Waals surface area contributed by atoms with Crippen molar-refractivity contribution in [3.8, 4) is 11.5 Å². The van der Waals surface area contributed by atoms with Crippen LogP contribution in [0.4, 0.5) is 10.1 Å². The summed E-state index contributed by atoms with van der Waals surface area (Å²) in [4.78, 5) is 12.4. The number of hydrogen-bond donors (Lipinski definition) is 1. The molecule has 1 amide bonds. The van der Waals surface area contributed by atoms with Crippen LogP contribution in [-0.4, -0.2) is 5.91 Å². The second-order valence-corrected chi connectivity index (χ2v) is 4.88. The number of benzene rings is 3. The fourth-order valence-corrected chi connectivity index (χ4v) is 2.10. The average molecular weight is 307 g/mol. The summed E-state index contributed by atoms with van der Waals surface area (Å²) in [6.45, 7) is 0. The molecule has 0 unspecified atom stereocenters. The molecule has 4 heteroatoms. The first kappa shape index (κ1) is 14.8. The molecular formula is C19H14FNO2. The van der Waals surface area contributed by atoms with Crippen LogP contribution in [0.1, 0.15) is 10.4 Å². The van der Waals surface area contributed by atoms with E-state index in [4.69, 9.17) is 4.74 Å². The van der Waals surface area contributed by atoms with Crippen molar-refractivity contribution in [2.75, 3.05) is 5.32 Å². The lowest BCUT2D eigenvalue weighted by Gasteiger charge is -2.11. The Morgan fingerprint density at radius 2 is 1.52 bits per heavy atom. The number of rotatable bonds is 4. The first-order valence-corrected chi connectivity index (χ1v) is 7.11. The molecule has 3 aromatic rings. The summed E-state index contributed by atoms with van der Waals surface area (Å²) in [5.41, 5.74) is 0.769. The number of hydrogen-bond acceptors (Lipinski definition) is 2. The van der Waals surface area contributed by atoms with E-state index in [2.05, 4.69) is 5.32 Å². The van der Waals surface area contributed by atoms with Crippen molar-refractivity contribution in [2.45, 2.75) is 0 Å².